The van der Waals surface area contributed by atoms with Gasteiger partial charge in [-0.05, 0) is 30.6 Å². The lowest BCUT2D eigenvalue weighted by Gasteiger charge is -2.34. The highest BCUT2D eigenvalue weighted by Crippen LogP contribution is 2.38. The van der Waals surface area contributed by atoms with E-state index in [1.54, 1.807) is 0 Å². The van der Waals surface area contributed by atoms with Gasteiger partial charge in [-0.1, -0.05) is 98.3 Å². The molecule has 2 aliphatic rings. The van der Waals surface area contributed by atoms with Crippen molar-refractivity contribution >= 4 is 5.91 Å². The normalized spacial score (nSPS) is 24.1. The third kappa shape index (κ3) is 6.57. The molecule has 152 valence electrons. The monoisotopic (exact) mass is 363 g/mol. The molecule has 0 N–H and O–H groups in total. The minimum atomic E-state index is -0.127. The number of carbonyl (C=O) groups is 1. The number of likely N-dealkylation sites (tertiary alicyclic amines) is 1. The van der Waals surface area contributed by atoms with E-state index in [0.29, 0.717) is 11.3 Å². The van der Waals surface area contributed by atoms with Crippen molar-refractivity contribution in [3.63, 3.8) is 0 Å². The fourth-order valence-electron chi connectivity index (χ4n) is 5.18. The molecule has 0 spiro atoms. The molecule has 0 aromatic rings. The fraction of sp³-hybridized carbons (Fsp3) is 0.958. The van der Waals surface area contributed by atoms with Gasteiger partial charge in [-0.3, -0.25) is 4.79 Å². The molecular formula is C24H45NO. The van der Waals surface area contributed by atoms with E-state index in [1.165, 1.54) is 70.6 Å². The van der Waals surface area contributed by atoms with Gasteiger partial charge < -0.3 is 4.90 Å². The van der Waals surface area contributed by atoms with Crippen LogP contribution < -0.4 is 0 Å². The van der Waals surface area contributed by atoms with Gasteiger partial charge in [0.05, 0.1) is 0 Å². The van der Waals surface area contributed by atoms with Crippen LogP contribution in [0, 0.1) is 16.7 Å². The fourth-order valence-corrected chi connectivity index (χ4v) is 5.18. The van der Waals surface area contributed by atoms with Crippen LogP contribution in [0.4, 0.5) is 0 Å². The van der Waals surface area contributed by atoms with Crippen LogP contribution in [0.25, 0.3) is 0 Å². The summed E-state index contributed by atoms with van der Waals surface area (Å²) < 4.78 is 0. The molecule has 0 aromatic carbocycles. The smallest absolute Gasteiger partial charge is 0.228 e. The Morgan fingerprint density at radius 2 is 1.65 bits per heavy atom. The Morgan fingerprint density at radius 1 is 1.04 bits per heavy atom. The molecular weight excluding hydrogens is 318 g/mol. The molecule has 2 heteroatoms. The van der Waals surface area contributed by atoms with E-state index in [2.05, 4.69) is 32.6 Å². The topological polar surface area (TPSA) is 20.3 Å². The Labute approximate surface area is 163 Å². The molecule has 1 aliphatic heterocycles. The molecule has 1 atom stereocenters. The first-order chi connectivity index (χ1) is 12.4. The van der Waals surface area contributed by atoms with E-state index < -0.39 is 0 Å². The first-order valence-corrected chi connectivity index (χ1v) is 11.7. The second kappa shape index (κ2) is 10.1. The third-order valence-electron chi connectivity index (χ3n) is 7.13. The molecule has 1 unspecified atom stereocenters. The summed E-state index contributed by atoms with van der Waals surface area (Å²) in [5, 5.41) is 0. The lowest BCUT2D eigenvalue weighted by Crippen LogP contribution is -2.42. The standard InChI is InChI=1S/C24H45NO/c1-5-6-16-24(4,22(26)25-19-18-23(2,3)20-25)17-12-15-21-13-10-8-7-9-11-14-21/h21H,5-20H2,1-4H3. The summed E-state index contributed by atoms with van der Waals surface area (Å²) in [6.07, 6.45) is 18.3. The van der Waals surface area contributed by atoms with Gasteiger partial charge in [0.15, 0.2) is 0 Å². The van der Waals surface area contributed by atoms with Crippen LogP contribution in [0.5, 0.6) is 0 Å². The Bertz CT molecular complexity index is 422. The number of amides is 1. The zero-order chi connectivity index (χ0) is 19.0. The van der Waals surface area contributed by atoms with E-state index in [9.17, 15) is 4.79 Å². The van der Waals surface area contributed by atoms with Gasteiger partial charge in [0, 0.05) is 18.5 Å². The Hall–Kier alpha value is -0.530. The number of nitrogens with zero attached hydrogens (tertiary/aromatic N) is 1. The van der Waals surface area contributed by atoms with E-state index in [1.807, 2.05) is 0 Å². The first kappa shape index (κ1) is 21.8. The van der Waals surface area contributed by atoms with Gasteiger partial charge in [-0.15, -0.1) is 0 Å². The third-order valence-corrected chi connectivity index (χ3v) is 7.13. The molecule has 0 radical (unpaired) electrons. The second-order valence-electron chi connectivity index (χ2n) is 10.4. The van der Waals surface area contributed by atoms with Crippen LogP contribution in [0.3, 0.4) is 0 Å². The summed E-state index contributed by atoms with van der Waals surface area (Å²) in [5.74, 6) is 1.38. The van der Waals surface area contributed by atoms with Gasteiger partial charge in [0.2, 0.25) is 5.91 Å². The summed E-state index contributed by atoms with van der Waals surface area (Å²) in [6.45, 7) is 11.1. The SMILES string of the molecule is CCCCC(C)(CCCC1CCCCCCC1)C(=O)N1CCC(C)(C)C1. The van der Waals surface area contributed by atoms with Gasteiger partial charge >= 0.3 is 0 Å². The highest BCUT2D eigenvalue weighted by molar-refractivity contribution is 5.82. The van der Waals surface area contributed by atoms with Crippen LogP contribution in [0.15, 0.2) is 0 Å². The van der Waals surface area contributed by atoms with Gasteiger partial charge in [0.1, 0.15) is 0 Å². The minimum Gasteiger partial charge on any atom is -0.342 e. The van der Waals surface area contributed by atoms with E-state index >= 15 is 0 Å². The summed E-state index contributed by atoms with van der Waals surface area (Å²) in [7, 11) is 0. The first-order valence-electron chi connectivity index (χ1n) is 11.7. The van der Waals surface area contributed by atoms with Crippen molar-refractivity contribution in [3.8, 4) is 0 Å². The van der Waals surface area contributed by atoms with Crippen molar-refractivity contribution < 1.29 is 4.79 Å². The molecule has 0 aromatic heterocycles. The molecule has 2 fully saturated rings. The maximum absolute atomic E-state index is 13.4. The van der Waals surface area contributed by atoms with Crippen LogP contribution >= 0.6 is 0 Å². The maximum atomic E-state index is 13.4. The highest BCUT2D eigenvalue weighted by atomic mass is 16.2. The predicted octanol–water partition coefficient (Wildman–Crippen LogP) is 6.97. The minimum absolute atomic E-state index is 0.127. The van der Waals surface area contributed by atoms with Crippen molar-refractivity contribution in [2.75, 3.05) is 13.1 Å². The van der Waals surface area contributed by atoms with Crippen molar-refractivity contribution in [1.29, 1.82) is 0 Å². The van der Waals surface area contributed by atoms with Crippen LogP contribution in [-0.4, -0.2) is 23.9 Å². The summed E-state index contributed by atoms with van der Waals surface area (Å²) in [4.78, 5) is 15.6. The van der Waals surface area contributed by atoms with Crippen molar-refractivity contribution in [2.45, 2.75) is 118 Å². The van der Waals surface area contributed by atoms with Gasteiger partial charge in [-0.2, -0.15) is 0 Å². The zero-order valence-electron chi connectivity index (χ0n) is 18.2. The summed E-state index contributed by atoms with van der Waals surface area (Å²) in [6, 6.07) is 0. The van der Waals surface area contributed by atoms with Crippen LogP contribution in [-0.2, 0) is 4.79 Å². The van der Waals surface area contributed by atoms with Gasteiger partial charge in [0.25, 0.3) is 0 Å². The maximum Gasteiger partial charge on any atom is 0.228 e. The summed E-state index contributed by atoms with van der Waals surface area (Å²) >= 11 is 0. The Morgan fingerprint density at radius 3 is 2.23 bits per heavy atom. The van der Waals surface area contributed by atoms with E-state index in [4.69, 9.17) is 0 Å². The number of hydrogen-bond donors (Lipinski definition) is 0. The average molecular weight is 364 g/mol. The second-order valence-corrected chi connectivity index (χ2v) is 10.4. The van der Waals surface area contributed by atoms with Crippen molar-refractivity contribution in [2.24, 2.45) is 16.7 Å². The summed E-state index contributed by atoms with van der Waals surface area (Å²) in [5.41, 5.74) is 0.179. The number of unbranched alkanes of at least 4 members (excludes halogenated alkanes) is 1. The van der Waals surface area contributed by atoms with Gasteiger partial charge in [-0.25, -0.2) is 0 Å². The molecule has 1 heterocycles. The Balaban J connectivity index is 1.89. The molecule has 1 aliphatic carbocycles. The lowest BCUT2D eigenvalue weighted by atomic mass is 9.77. The Kier molecular flexibility index (Phi) is 8.48. The van der Waals surface area contributed by atoms with Crippen molar-refractivity contribution in [1.82, 2.24) is 4.90 Å². The molecule has 1 amide bonds. The lowest BCUT2D eigenvalue weighted by molar-refractivity contribution is -0.141. The molecule has 2 rings (SSSR count). The highest BCUT2D eigenvalue weighted by Gasteiger charge is 2.40. The average Bonchev–Trinajstić information content (AvgIpc) is 2.94. The van der Waals surface area contributed by atoms with E-state index in [0.717, 1.165) is 38.3 Å². The van der Waals surface area contributed by atoms with Crippen LogP contribution in [0.2, 0.25) is 0 Å². The number of carbonyl (C=O) groups excluding carboxylic acids is 1. The van der Waals surface area contributed by atoms with Crippen LogP contribution in [0.1, 0.15) is 118 Å². The quantitative estimate of drug-likeness (QED) is 0.456. The predicted molar refractivity (Wildman–Crippen MR) is 112 cm³/mol. The largest absolute Gasteiger partial charge is 0.342 e. The zero-order valence-corrected chi connectivity index (χ0v) is 18.2. The number of hydrogen-bond acceptors (Lipinski definition) is 1. The molecule has 1 saturated carbocycles. The molecule has 2 nitrogen and oxygen atoms in total. The van der Waals surface area contributed by atoms with E-state index in [-0.39, 0.29) is 5.41 Å². The molecule has 26 heavy (non-hydrogen) atoms. The molecule has 1 saturated heterocycles. The molecule has 0 bridgehead atoms. The van der Waals surface area contributed by atoms with Crippen molar-refractivity contribution in [3.05, 3.63) is 0 Å². The number of rotatable bonds is 8.